The van der Waals surface area contributed by atoms with Crippen molar-refractivity contribution in [2.45, 2.75) is 27.1 Å². The number of hydrogen-bond donors (Lipinski definition) is 1. The molecule has 2 aromatic heterocycles. The van der Waals surface area contributed by atoms with Gasteiger partial charge in [0.1, 0.15) is 12.4 Å². The normalized spacial score (nSPS) is 11.2. The van der Waals surface area contributed by atoms with Gasteiger partial charge in [-0.05, 0) is 26.0 Å². The van der Waals surface area contributed by atoms with Crippen LogP contribution in [0.1, 0.15) is 22.0 Å². The summed E-state index contributed by atoms with van der Waals surface area (Å²) in [6.45, 7) is 4.25. The Balaban J connectivity index is 1.78. The Labute approximate surface area is 120 Å². The number of ether oxygens (including phenoxy) is 1. The zero-order chi connectivity index (χ0) is 14.1. The minimum atomic E-state index is -0.0605. The van der Waals surface area contributed by atoms with Crippen molar-refractivity contribution in [3.63, 3.8) is 0 Å². The Bertz CT molecular complexity index is 731. The molecule has 0 bridgehead atoms. The van der Waals surface area contributed by atoms with Gasteiger partial charge in [-0.15, -0.1) is 0 Å². The van der Waals surface area contributed by atoms with Crippen LogP contribution in [0.5, 0.6) is 5.75 Å². The zero-order valence-corrected chi connectivity index (χ0v) is 12.1. The molecule has 0 aliphatic rings. The molecule has 0 amide bonds. The third kappa shape index (κ3) is 2.39. The van der Waals surface area contributed by atoms with E-state index in [4.69, 9.17) is 4.74 Å². The maximum atomic E-state index is 9.32. The first-order valence-corrected chi connectivity index (χ1v) is 7.13. The van der Waals surface area contributed by atoms with E-state index in [1.807, 2.05) is 38.1 Å². The van der Waals surface area contributed by atoms with E-state index >= 15 is 0 Å². The molecule has 0 atom stereocenters. The number of fused-ring (bicyclic) bond motifs is 1. The topological polar surface area (TPSA) is 59.7 Å². The Morgan fingerprint density at radius 2 is 2.00 bits per heavy atom. The first kappa shape index (κ1) is 13.1. The first-order valence-electron chi connectivity index (χ1n) is 6.31. The Morgan fingerprint density at radius 1 is 1.25 bits per heavy atom. The number of aryl methyl sites for hydroxylation is 2. The van der Waals surface area contributed by atoms with E-state index in [9.17, 15) is 5.11 Å². The standard InChI is InChI=1S/C14H15N3O2S/c1-9-3-5-11(6-4-9)19-8-13-16-17-12(7-18)10(2)15-14(17)20-13/h3-6,18H,7-8H2,1-2H3. The molecule has 0 aliphatic heterocycles. The monoisotopic (exact) mass is 289 g/mol. The molecule has 2 heterocycles. The van der Waals surface area contributed by atoms with Crippen molar-refractivity contribution in [1.29, 1.82) is 0 Å². The Kier molecular flexibility index (Phi) is 3.42. The quantitative estimate of drug-likeness (QED) is 0.801. The predicted molar refractivity (Wildman–Crippen MR) is 77.0 cm³/mol. The average molecular weight is 289 g/mol. The van der Waals surface area contributed by atoms with E-state index in [0.717, 1.165) is 27.1 Å². The summed E-state index contributed by atoms with van der Waals surface area (Å²) in [5.74, 6) is 0.821. The molecule has 1 aromatic carbocycles. The van der Waals surface area contributed by atoms with Gasteiger partial charge < -0.3 is 9.84 Å². The van der Waals surface area contributed by atoms with Gasteiger partial charge in [0.05, 0.1) is 18.0 Å². The highest BCUT2D eigenvalue weighted by atomic mass is 32.1. The lowest BCUT2D eigenvalue weighted by atomic mass is 10.2. The summed E-state index contributed by atoms with van der Waals surface area (Å²) in [4.78, 5) is 5.16. The van der Waals surface area contributed by atoms with Crippen LogP contribution in [0.4, 0.5) is 0 Å². The van der Waals surface area contributed by atoms with Gasteiger partial charge >= 0.3 is 0 Å². The molecule has 0 spiro atoms. The molecule has 0 saturated carbocycles. The molecule has 3 aromatic rings. The average Bonchev–Trinajstić information content (AvgIpc) is 2.94. The van der Waals surface area contributed by atoms with E-state index in [0.29, 0.717) is 6.61 Å². The van der Waals surface area contributed by atoms with Crippen LogP contribution >= 0.6 is 11.3 Å². The summed E-state index contributed by atoms with van der Waals surface area (Å²) in [7, 11) is 0. The summed E-state index contributed by atoms with van der Waals surface area (Å²) >= 11 is 1.47. The van der Waals surface area contributed by atoms with Crippen molar-refractivity contribution < 1.29 is 9.84 Å². The fraction of sp³-hybridized carbons (Fsp3) is 0.286. The smallest absolute Gasteiger partial charge is 0.212 e. The van der Waals surface area contributed by atoms with E-state index < -0.39 is 0 Å². The Hall–Kier alpha value is -1.92. The van der Waals surface area contributed by atoms with Gasteiger partial charge in [-0.2, -0.15) is 5.10 Å². The van der Waals surface area contributed by atoms with Crippen molar-refractivity contribution in [3.8, 4) is 5.75 Å². The van der Waals surface area contributed by atoms with E-state index in [1.165, 1.54) is 16.9 Å². The largest absolute Gasteiger partial charge is 0.486 e. The number of aliphatic hydroxyl groups is 1. The molecule has 104 valence electrons. The zero-order valence-electron chi connectivity index (χ0n) is 11.3. The molecule has 6 heteroatoms. The number of nitrogens with zero attached hydrogens (tertiary/aromatic N) is 3. The van der Waals surface area contributed by atoms with Crippen LogP contribution in [-0.2, 0) is 13.2 Å². The van der Waals surface area contributed by atoms with Gasteiger partial charge in [0, 0.05) is 0 Å². The molecule has 0 saturated heterocycles. The van der Waals surface area contributed by atoms with Gasteiger partial charge in [-0.25, -0.2) is 9.50 Å². The lowest BCUT2D eigenvalue weighted by Gasteiger charge is -2.03. The van der Waals surface area contributed by atoms with Crippen molar-refractivity contribution >= 4 is 16.3 Å². The second kappa shape index (κ2) is 5.22. The van der Waals surface area contributed by atoms with Crippen molar-refractivity contribution in [2.75, 3.05) is 0 Å². The fourth-order valence-corrected chi connectivity index (χ4v) is 2.82. The minimum absolute atomic E-state index is 0.0605. The SMILES string of the molecule is Cc1ccc(OCc2nn3c(CO)c(C)nc3s2)cc1. The summed E-state index contributed by atoms with van der Waals surface area (Å²) < 4.78 is 7.38. The highest BCUT2D eigenvalue weighted by Crippen LogP contribution is 2.20. The maximum Gasteiger partial charge on any atom is 0.212 e. The highest BCUT2D eigenvalue weighted by Gasteiger charge is 2.13. The summed E-state index contributed by atoms with van der Waals surface area (Å²) in [6, 6.07) is 7.91. The number of rotatable bonds is 4. The molecular weight excluding hydrogens is 274 g/mol. The summed E-state index contributed by atoms with van der Waals surface area (Å²) in [5, 5.41) is 14.6. The predicted octanol–water partition coefficient (Wildman–Crippen LogP) is 2.48. The maximum absolute atomic E-state index is 9.32. The van der Waals surface area contributed by atoms with Crippen LogP contribution in [0.15, 0.2) is 24.3 Å². The van der Waals surface area contributed by atoms with Crippen LogP contribution in [0.2, 0.25) is 0 Å². The molecule has 1 N–H and O–H groups in total. The summed E-state index contributed by atoms with van der Waals surface area (Å²) in [5.41, 5.74) is 2.75. The van der Waals surface area contributed by atoms with E-state index in [1.54, 1.807) is 4.52 Å². The van der Waals surface area contributed by atoms with Crippen LogP contribution < -0.4 is 4.74 Å². The van der Waals surface area contributed by atoms with Crippen molar-refractivity contribution in [1.82, 2.24) is 14.6 Å². The third-order valence-electron chi connectivity index (χ3n) is 3.07. The van der Waals surface area contributed by atoms with Crippen molar-refractivity contribution in [3.05, 3.63) is 46.2 Å². The van der Waals surface area contributed by atoms with Crippen molar-refractivity contribution in [2.24, 2.45) is 0 Å². The molecule has 20 heavy (non-hydrogen) atoms. The molecule has 5 nitrogen and oxygen atoms in total. The first-order chi connectivity index (χ1) is 9.67. The second-order valence-corrected chi connectivity index (χ2v) is 5.63. The lowest BCUT2D eigenvalue weighted by Crippen LogP contribution is -1.99. The van der Waals surface area contributed by atoms with Gasteiger partial charge in [0.2, 0.25) is 4.96 Å². The van der Waals surface area contributed by atoms with E-state index in [-0.39, 0.29) is 6.61 Å². The van der Waals surface area contributed by atoms with Gasteiger partial charge in [0.15, 0.2) is 5.01 Å². The molecule has 3 rings (SSSR count). The molecule has 0 unspecified atom stereocenters. The summed E-state index contributed by atoms with van der Waals surface area (Å²) in [6.07, 6.45) is 0. The molecule has 0 fully saturated rings. The van der Waals surface area contributed by atoms with Crippen LogP contribution in [0.3, 0.4) is 0 Å². The third-order valence-corrected chi connectivity index (χ3v) is 3.95. The molecular formula is C14H15N3O2S. The van der Waals surface area contributed by atoms with Gasteiger partial charge in [-0.1, -0.05) is 29.0 Å². The Morgan fingerprint density at radius 3 is 2.70 bits per heavy atom. The fourth-order valence-electron chi connectivity index (χ4n) is 1.95. The van der Waals surface area contributed by atoms with Crippen LogP contribution in [-0.4, -0.2) is 19.7 Å². The number of aliphatic hydroxyl groups excluding tert-OH is 1. The second-order valence-electron chi connectivity index (χ2n) is 4.59. The number of imidazole rings is 1. The number of hydrogen-bond acceptors (Lipinski definition) is 5. The van der Waals surface area contributed by atoms with E-state index in [2.05, 4.69) is 10.1 Å². The molecule has 0 aliphatic carbocycles. The van der Waals surface area contributed by atoms with Gasteiger partial charge in [-0.3, -0.25) is 0 Å². The lowest BCUT2D eigenvalue weighted by molar-refractivity contribution is 0.272. The highest BCUT2D eigenvalue weighted by molar-refractivity contribution is 7.16. The minimum Gasteiger partial charge on any atom is -0.486 e. The molecule has 0 radical (unpaired) electrons. The van der Waals surface area contributed by atoms with Crippen LogP contribution in [0.25, 0.3) is 4.96 Å². The van der Waals surface area contributed by atoms with Gasteiger partial charge in [0.25, 0.3) is 0 Å². The van der Waals surface area contributed by atoms with Crippen LogP contribution in [0, 0.1) is 13.8 Å². The number of benzene rings is 1. The number of aromatic nitrogens is 3.